The van der Waals surface area contributed by atoms with Crippen LogP contribution >= 0.6 is 0 Å². The zero-order valence-corrected chi connectivity index (χ0v) is 29.5. The fourth-order valence-corrected chi connectivity index (χ4v) is 7.82. The van der Waals surface area contributed by atoms with E-state index in [9.17, 15) is 60.7 Å². The van der Waals surface area contributed by atoms with Gasteiger partial charge in [-0.1, -0.05) is 18.2 Å². The summed E-state index contributed by atoms with van der Waals surface area (Å²) in [5.41, 5.74) is -1.78. The average molecular weight is 791 g/mol. The average Bonchev–Trinajstić information content (AvgIpc) is 3.76. The molecule has 21 nitrogen and oxygen atoms in total. The van der Waals surface area contributed by atoms with E-state index in [1.54, 1.807) is 0 Å². The first-order valence-electron chi connectivity index (χ1n) is 17.4. The standard InChI is InChI=1S/C34H46O21/c1-47-28(44)14-8-51-31(21-13(14)3-4-34(21,46)11-37)55-33-27(43)25(41)23(39)18(53-33)10-49-16-5-12(6-35)19-20(16)15(29(45)48-2)9-50-30(19)54-32-26(42)24(40)22(38)17(7-36)52-32/h3-5,8-9,13,16-27,30-33,35-43,46H,6-7,10-11H2,1-2H3/t13-,16-,17-,18-,19-,20+,21-,22-,23-,24+,25+,26-,27-,30+,31+,32+,33+,34+/m1/s1. The normalized spacial score (nSPS) is 44.9. The summed E-state index contributed by atoms with van der Waals surface area (Å²) in [7, 11) is 2.27. The molecule has 55 heavy (non-hydrogen) atoms. The molecule has 0 aromatic rings. The molecule has 0 saturated carbocycles. The van der Waals surface area contributed by atoms with Crippen molar-refractivity contribution in [2.75, 3.05) is 40.6 Å². The van der Waals surface area contributed by atoms with E-state index in [1.807, 2.05) is 0 Å². The van der Waals surface area contributed by atoms with Gasteiger partial charge < -0.3 is 93.7 Å². The molecule has 0 aromatic heterocycles. The van der Waals surface area contributed by atoms with Crippen LogP contribution in [0.15, 0.2) is 47.5 Å². The lowest BCUT2D eigenvalue weighted by molar-refractivity contribution is -0.348. The Morgan fingerprint density at radius 2 is 1.29 bits per heavy atom. The minimum absolute atomic E-state index is 0.0132. The van der Waals surface area contributed by atoms with E-state index in [0.717, 1.165) is 26.7 Å². The first-order chi connectivity index (χ1) is 26.2. The highest BCUT2D eigenvalue weighted by molar-refractivity contribution is 5.90. The lowest BCUT2D eigenvalue weighted by Gasteiger charge is -2.45. The van der Waals surface area contributed by atoms with Crippen LogP contribution in [-0.2, 0) is 52.2 Å². The lowest BCUT2D eigenvalue weighted by atomic mass is 9.79. The molecule has 0 radical (unpaired) electrons. The summed E-state index contributed by atoms with van der Waals surface area (Å²) < 4.78 is 50.2. The predicted octanol–water partition coefficient (Wildman–Crippen LogP) is -5.47. The second-order valence-corrected chi connectivity index (χ2v) is 13.9. The molecule has 0 spiro atoms. The molecule has 2 fully saturated rings. The summed E-state index contributed by atoms with van der Waals surface area (Å²) in [4.78, 5) is 25.3. The number of hydrogen-bond donors (Lipinski definition) is 10. The number of aliphatic hydroxyl groups is 10. The van der Waals surface area contributed by atoms with Crippen LogP contribution in [0.1, 0.15) is 0 Å². The summed E-state index contributed by atoms with van der Waals surface area (Å²) in [6, 6.07) is 0. The molecule has 6 rings (SSSR count). The Kier molecular flexibility index (Phi) is 12.7. The van der Waals surface area contributed by atoms with Crippen LogP contribution in [0.4, 0.5) is 0 Å². The number of fused-ring (bicyclic) bond motifs is 2. The van der Waals surface area contributed by atoms with Gasteiger partial charge in [0.2, 0.25) is 12.6 Å². The number of ether oxygens (including phenoxy) is 9. The van der Waals surface area contributed by atoms with Gasteiger partial charge in [0.1, 0.15) is 54.4 Å². The maximum Gasteiger partial charge on any atom is 0.337 e. The molecule has 308 valence electrons. The number of hydrogen-bond acceptors (Lipinski definition) is 21. The number of rotatable bonds is 12. The minimum Gasteiger partial charge on any atom is -0.471 e. The topological polar surface area (TPSA) is 320 Å². The highest BCUT2D eigenvalue weighted by Crippen LogP contribution is 2.47. The predicted molar refractivity (Wildman–Crippen MR) is 173 cm³/mol. The largest absolute Gasteiger partial charge is 0.471 e. The molecule has 2 aliphatic carbocycles. The SMILES string of the molecule is COC(=O)C1=CO[C@@H](O[C@@H]2O[C@H](CO)[C@@H](O)[C@H](O)[C@H]2O)[C@@H]2C(CO)=C[C@@H](OC[C@H]3O[C@@H](O[C@@H]4OC=C(C(=O)OC)[C@H]5C=C[C@](O)(CO)[C@@H]45)[C@H](O)[C@@H](O)[C@@H]3O)[C@H]12. The van der Waals surface area contributed by atoms with Crippen molar-refractivity contribution in [3.05, 3.63) is 47.5 Å². The van der Waals surface area contributed by atoms with Crippen LogP contribution < -0.4 is 0 Å². The van der Waals surface area contributed by atoms with E-state index in [0.29, 0.717) is 0 Å². The number of allylic oxidation sites excluding steroid dienone is 1. The van der Waals surface area contributed by atoms with Gasteiger partial charge in [-0.25, -0.2) is 9.59 Å². The Labute approximate surface area is 312 Å². The van der Waals surface area contributed by atoms with E-state index in [2.05, 4.69) is 0 Å². The molecule has 4 aliphatic heterocycles. The van der Waals surface area contributed by atoms with Crippen LogP contribution in [0.3, 0.4) is 0 Å². The smallest absolute Gasteiger partial charge is 0.337 e. The Morgan fingerprint density at radius 3 is 1.89 bits per heavy atom. The number of esters is 2. The maximum absolute atomic E-state index is 12.9. The van der Waals surface area contributed by atoms with Gasteiger partial charge in [-0.05, 0) is 5.57 Å². The Morgan fingerprint density at radius 1 is 0.727 bits per heavy atom. The van der Waals surface area contributed by atoms with Crippen LogP contribution in [-0.4, -0.2) is 189 Å². The van der Waals surface area contributed by atoms with E-state index in [4.69, 9.17) is 42.6 Å². The molecular formula is C34H46O21. The summed E-state index contributed by atoms with van der Waals surface area (Å²) in [5.74, 6) is -5.66. The third-order valence-electron chi connectivity index (χ3n) is 10.9. The molecular weight excluding hydrogens is 744 g/mol. The maximum atomic E-state index is 12.9. The highest BCUT2D eigenvalue weighted by Gasteiger charge is 2.57. The van der Waals surface area contributed by atoms with Crippen LogP contribution in [0.5, 0.6) is 0 Å². The molecule has 0 unspecified atom stereocenters. The van der Waals surface area contributed by atoms with Gasteiger partial charge in [0.05, 0.1) is 82.3 Å². The Bertz CT molecular complexity index is 1530. The lowest BCUT2D eigenvalue weighted by Crippen LogP contribution is -2.61. The van der Waals surface area contributed by atoms with Crippen molar-refractivity contribution in [1.82, 2.24) is 0 Å². The van der Waals surface area contributed by atoms with Gasteiger partial charge in [0, 0.05) is 11.8 Å². The first kappa shape index (κ1) is 41.5. The third kappa shape index (κ3) is 7.56. The van der Waals surface area contributed by atoms with Crippen molar-refractivity contribution in [3.63, 3.8) is 0 Å². The third-order valence-corrected chi connectivity index (χ3v) is 10.9. The van der Waals surface area contributed by atoms with Crippen molar-refractivity contribution in [1.29, 1.82) is 0 Å². The van der Waals surface area contributed by atoms with Gasteiger partial charge >= 0.3 is 11.9 Å². The zero-order valence-electron chi connectivity index (χ0n) is 29.5. The summed E-state index contributed by atoms with van der Waals surface area (Å²) in [6.45, 7) is -2.68. The van der Waals surface area contributed by atoms with Gasteiger partial charge in [-0.15, -0.1) is 0 Å². The zero-order chi connectivity index (χ0) is 39.9. The van der Waals surface area contributed by atoms with Gasteiger partial charge in [0.15, 0.2) is 12.6 Å². The Balaban J connectivity index is 1.19. The second kappa shape index (κ2) is 16.8. The van der Waals surface area contributed by atoms with Crippen molar-refractivity contribution >= 4 is 11.9 Å². The quantitative estimate of drug-likeness (QED) is 0.0651. The fraction of sp³-hybridized carbons (Fsp3) is 0.706. The summed E-state index contributed by atoms with van der Waals surface area (Å²) in [6.07, 6.45) is -14.6. The van der Waals surface area contributed by atoms with Crippen molar-refractivity contribution < 1.29 is 103 Å². The van der Waals surface area contributed by atoms with Crippen LogP contribution in [0, 0.1) is 23.7 Å². The number of carbonyl (C=O) groups excluding carboxylic acids is 2. The molecule has 2 saturated heterocycles. The van der Waals surface area contributed by atoms with E-state index >= 15 is 0 Å². The van der Waals surface area contributed by atoms with Gasteiger partial charge in [-0.3, -0.25) is 0 Å². The molecule has 0 aromatic carbocycles. The summed E-state index contributed by atoms with van der Waals surface area (Å²) >= 11 is 0. The fourth-order valence-electron chi connectivity index (χ4n) is 7.82. The van der Waals surface area contributed by atoms with E-state index in [-0.39, 0.29) is 16.7 Å². The Hall–Kier alpha value is -3.10. The molecule has 6 aliphatic rings. The minimum atomic E-state index is -1.95. The first-order valence-corrected chi connectivity index (χ1v) is 17.4. The molecule has 0 bridgehead atoms. The van der Waals surface area contributed by atoms with Crippen molar-refractivity contribution in [3.8, 4) is 0 Å². The molecule has 18 atom stereocenters. The van der Waals surface area contributed by atoms with Crippen LogP contribution in [0.2, 0.25) is 0 Å². The number of aliphatic hydroxyl groups excluding tert-OH is 9. The van der Waals surface area contributed by atoms with E-state index in [1.165, 1.54) is 18.2 Å². The van der Waals surface area contributed by atoms with Crippen LogP contribution in [0.25, 0.3) is 0 Å². The molecule has 21 heteroatoms. The number of methoxy groups -OCH3 is 2. The molecule has 0 amide bonds. The summed E-state index contributed by atoms with van der Waals surface area (Å²) in [5, 5.41) is 105. The highest BCUT2D eigenvalue weighted by atomic mass is 16.8. The monoisotopic (exact) mass is 790 g/mol. The second-order valence-electron chi connectivity index (χ2n) is 13.9. The number of carbonyl (C=O) groups is 2. The van der Waals surface area contributed by atoms with E-state index < -0.39 is 148 Å². The van der Waals surface area contributed by atoms with Crippen molar-refractivity contribution in [2.45, 2.75) is 85.7 Å². The van der Waals surface area contributed by atoms with Crippen molar-refractivity contribution in [2.24, 2.45) is 23.7 Å². The van der Waals surface area contributed by atoms with Gasteiger partial charge in [-0.2, -0.15) is 0 Å². The molecule has 10 N–H and O–H groups in total. The molecule has 4 heterocycles. The van der Waals surface area contributed by atoms with Gasteiger partial charge in [0.25, 0.3) is 0 Å².